The van der Waals surface area contributed by atoms with Crippen LogP contribution in [0.15, 0.2) is 99.1 Å². The molecule has 0 saturated heterocycles. The molecule has 0 saturated carbocycles. The van der Waals surface area contributed by atoms with Gasteiger partial charge in [0.15, 0.2) is 11.5 Å². The van der Waals surface area contributed by atoms with Crippen LogP contribution < -0.4 is 0 Å². The van der Waals surface area contributed by atoms with Crippen molar-refractivity contribution in [2.45, 2.75) is 18.8 Å². The van der Waals surface area contributed by atoms with Crippen LogP contribution in [0, 0.1) is 0 Å². The summed E-state index contributed by atoms with van der Waals surface area (Å²) in [6.07, 6.45) is -4.55. The second-order valence-electron chi connectivity index (χ2n) is 8.33. The first-order valence-corrected chi connectivity index (χ1v) is 11.6. The monoisotopic (exact) mass is 555 g/mol. The lowest BCUT2D eigenvalue weighted by molar-refractivity contribution is -0.137. The average molecular weight is 556 g/mol. The van der Waals surface area contributed by atoms with Crippen LogP contribution in [0.1, 0.15) is 33.3 Å². The number of Topliss-reactive ketones (excluding diaryl/α,β-unsaturated/α-hetero) is 1. The van der Waals surface area contributed by atoms with Gasteiger partial charge in [0.2, 0.25) is 5.78 Å². The number of aliphatic hydroxyl groups excluding tert-OH is 1. The molecule has 1 aromatic heterocycles. The molecule has 1 N–H and O–H groups in total. The van der Waals surface area contributed by atoms with Gasteiger partial charge in [-0.1, -0.05) is 58.4 Å². The van der Waals surface area contributed by atoms with Crippen molar-refractivity contribution in [3.8, 4) is 0 Å². The number of rotatable bonds is 5. The number of halogens is 4. The predicted molar refractivity (Wildman–Crippen MR) is 129 cm³/mol. The number of aliphatic hydroxyl groups is 1. The number of ketones is 1. The van der Waals surface area contributed by atoms with Crippen LogP contribution in [0.5, 0.6) is 0 Å². The normalized spacial score (nSPS) is 16.3. The molecule has 0 fully saturated rings. The summed E-state index contributed by atoms with van der Waals surface area (Å²) in [6, 6.07) is 18.8. The van der Waals surface area contributed by atoms with Gasteiger partial charge >= 0.3 is 6.18 Å². The maximum absolute atomic E-state index is 13.6. The molecule has 5 rings (SSSR count). The molecule has 4 aromatic rings. The summed E-state index contributed by atoms with van der Waals surface area (Å²) in [5, 5.41) is 11.5. The number of fused-ring (bicyclic) bond motifs is 1. The lowest BCUT2D eigenvalue weighted by atomic mass is 9.94. The Morgan fingerprint density at radius 3 is 2.47 bits per heavy atom. The van der Waals surface area contributed by atoms with Gasteiger partial charge in [-0.05, 0) is 47.5 Å². The second kappa shape index (κ2) is 8.98. The molecule has 0 spiro atoms. The summed E-state index contributed by atoms with van der Waals surface area (Å²) < 4.78 is 46.2. The van der Waals surface area contributed by atoms with E-state index in [1.54, 1.807) is 48.5 Å². The zero-order chi connectivity index (χ0) is 25.6. The van der Waals surface area contributed by atoms with E-state index in [1.165, 1.54) is 23.1 Å². The molecule has 36 heavy (non-hydrogen) atoms. The zero-order valence-electron chi connectivity index (χ0n) is 18.4. The Labute approximate surface area is 211 Å². The largest absolute Gasteiger partial charge is 0.503 e. The third kappa shape index (κ3) is 4.30. The summed E-state index contributed by atoms with van der Waals surface area (Å²) >= 11 is 3.36. The molecule has 1 aliphatic rings. The van der Waals surface area contributed by atoms with Crippen molar-refractivity contribution in [3.05, 3.63) is 117 Å². The van der Waals surface area contributed by atoms with E-state index >= 15 is 0 Å². The van der Waals surface area contributed by atoms with Crippen LogP contribution in [0.25, 0.3) is 11.0 Å². The number of alkyl halides is 3. The molecule has 1 amide bonds. The SMILES string of the molecule is O=C(C1=C(O)C(=O)N(Cc2cccc(C(F)(F)F)c2)C1c1ccccc1)c1cc2cc(Br)ccc2o1. The van der Waals surface area contributed by atoms with Crippen LogP contribution in [-0.4, -0.2) is 21.7 Å². The highest BCUT2D eigenvalue weighted by Crippen LogP contribution is 2.41. The number of carbonyl (C=O) groups excluding carboxylic acids is 2. The summed E-state index contributed by atoms with van der Waals surface area (Å²) in [7, 11) is 0. The van der Waals surface area contributed by atoms with Gasteiger partial charge in [-0.15, -0.1) is 0 Å². The number of benzene rings is 3. The molecular weight excluding hydrogens is 539 g/mol. The Balaban J connectivity index is 1.57. The Morgan fingerprint density at radius 2 is 1.75 bits per heavy atom. The van der Waals surface area contributed by atoms with E-state index in [2.05, 4.69) is 15.9 Å². The van der Waals surface area contributed by atoms with Crippen molar-refractivity contribution in [3.63, 3.8) is 0 Å². The first kappa shape index (κ1) is 23.9. The van der Waals surface area contributed by atoms with E-state index < -0.39 is 35.2 Å². The lowest BCUT2D eigenvalue weighted by Gasteiger charge is -2.27. The number of nitrogens with zero attached hydrogens (tertiary/aromatic N) is 1. The highest BCUT2D eigenvalue weighted by molar-refractivity contribution is 9.10. The number of hydrogen-bond acceptors (Lipinski definition) is 4. The Hall–Kier alpha value is -3.85. The van der Waals surface area contributed by atoms with E-state index in [0.29, 0.717) is 16.5 Å². The summed E-state index contributed by atoms with van der Waals surface area (Å²) in [5.41, 5.74) is 0.113. The van der Waals surface area contributed by atoms with Crippen molar-refractivity contribution >= 4 is 38.6 Å². The molecule has 1 atom stereocenters. The predicted octanol–water partition coefficient (Wildman–Crippen LogP) is 6.99. The minimum absolute atomic E-state index is 0.0701. The quantitative estimate of drug-likeness (QED) is 0.269. The molecule has 5 nitrogen and oxygen atoms in total. The first-order valence-electron chi connectivity index (χ1n) is 10.8. The van der Waals surface area contributed by atoms with Crippen LogP contribution in [0.3, 0.4) is 0 Å². The van der Waals surface area contributed by atoms with Gasteiger partial charge in [0.05, 0.1) is 17.2 Å². The standard InChI is InChI=1S/C27H17BrF3NO4/c28-19-9-10-20-17(12-19)13-21(36-20)24(33)22-23(16-6-2-1-3-7-16)32(26(35)25(22)34)14-15-5-4-8-18(11-15)27(29,30)31/h1-13,23,34H,14H2. The third-order valence-corrected chi connectivity index (χ3v) is 6.47. The lowest BCUT2D eigenvalue weighted by Crippen LogP contribution is -2.30. The molecule has 3 aromatic carbocycles. The Bertz CT molecular complexity index is 1530. The smallest absolute Gasteiger partial charge is 0.416 e. The fourth-order valence-corrected chi connectivity index (χ4v) is 4.71. The van der Waals surface area contributed by atoms with Crippen LogP contribution in [0.4, 0.5) is 13.2 Å². The second-order valence-corrected chi connectivity index (χ2v) is 9.24. The highest BCUT2D eigenvalue weighted by atomic mass is 79.9. The summed E-state index contributed by atoms with van der Waals surface area (Å²) in [4.78, 5) is 27.9. The molecule has 1 aliphatic heterocycles. The average Bonchev–Trinajstić information content (AvgIpc) is 3.38. The topological polar surface area (TPSA) is 70.8 Å². The first-order chi connectivity index (χ1) is 17.1. The fourth-order valence-electron chi connectivity index (χ4n) is 4.33. The molecule has 0 bridgehead atoms. The molecule has 0 aliphatic carbocycles. The Morgan fingerprint density at radius 1 is 1.00 bits per heavy atom. The van der Waals surface area contributed by atoms with Gasteiger partial charge < -0.3 is 14.4 Å². The summed E-state index contributed by atoms with van der Waals surface area (Å²) in [5.74, 6) is -2.38. The molecule has 182 valence electrons. The van der Waals surface area contributed by atoms with Gasteiger partial charge in [0.25, 0.3) is 5.91 Å². The van der Waals surface area contributed by atoms with Crippen LogP contribution >= 0.6 is 15.9 Å². The third-order valence-electron chi connectivity index (χ3n) is 5.97. The molecule has 0 radical (unpaired) electrons. The minimum atomic E-state index is -4.55. The van der Waals surface area contributed by atoms with E-state index in [0.717, 1.165) is 16.6 Å². The Kier molecular flexibility index (Phi) is 5.96. The number of carbonyl (C=O) groups is 2. The van der Waals surface area contributed by atoms with Gasteiger partial charge in [0.1, 0.15) is 5.58 Å². The maximum atomic E-state index is 13.6. The van der Waals surface area contributed by atoms with E-state index in [9.17, 15) is 27.9 Å². The van der Waals surface area contributed by atoms with E-state index in [4.69, 9.17) is 4.42 Å². The van der Waals surface area contributed by atoms with Crippen LogP contribution in [-0.2, 0) is 17.5 Å². The highest BCUT2D eigenvalue weighted by Gasteiger charge is 2.44. The van der Waals surface area contributed by atoms with E-state index in [-0.39, 0.29) is 23.4 Å². The van der Waals surface area contributed by atoms with Crippen LogP contribution in [0.2, 0.25) is 0 Å². The van der Waals surface area contributed by atoms with Crippen molar-refractivity contribution in [1.82, 2.24) is 4.90 Å². The van der Waals surface area contributed by atoms with Crippen molar-refractivity contribution in [2.75, 3.05) is 0 Å². The summed E-state index contributed by atoms with van der Waals surface area (Å²) in [6.45, 7) is -0.254. The van der Waals surface area contributed by atoms with Gasteiger partial charge in [0, 0.05) is 16.4 Å². The molecular formula is C27H17BrF3NO4. The van der Waals surface area contributed by atoms with Gasteiger partial charge in [-0.3, -0.25) is 9.59 Å². The van der Waals surface area contributed by atoms with Gasteiger partial charge in [-0.25, -0.2) is 0 Å². The molecule has 1 unspecified atom stereocenters. The molecule has 2 heterocycles. The van der Waals surface area contributed by atoms with E-state index in [1.807, 2.05) is 0 Å². The van der Waals surface area contributed by atoms with Crippen molar-refractivity contribution in [2.24, 2.45) is 0 Å². The fraction of sp³-hybridized carbons (Fsp3) is 0.111. The number of hydrogen-bond donors (Lipinski definition) is 1. The molecule has 9 heteroatoms. The number of furan rings is 1. The zero-order valence-corrected chi connectivity index (χ0v) is 20.0. The minimum Gasteiger partial charge on any atom is -0.503 e. The van der Waals surface area contributed by atoms with Crippen molar-refractivity contribution < 1.29 is 32.3 Å². The number of amides is 1. The maximum Gasteiger partial charge on any atom is 0.416 e. The van der Waals surface area contributed by atoms with Gasteiger partial charge in [-0.2, -0.15) is 13.2 Å². The van der Waals surface area contributed by atoms with Crippen molar-refractivity contribution in [1.29, 1.82) is 0 Å².